The quantitative estimate of drug-likeness (QED) is 0.421. The van der Waals surface area contributed by atoms with Gasteiger partial charge in [0.15, 0.2) is 5.60 Å². The Labute approximate surface area is 197 Å². The number of ether oxygens (including phenoxy) is 2. The predicted octanol–water partition coefficient (Wildman–Crippen LogP) is 5.32. The van der Waals surface area contributed by atoms with E-state index in [0.29, 0.717) is 16.7 Å². The van der Waals surface area contributed by atoms with Gasteiger partial charge in [0, 0.05) is 23.5 Å². The van der Waals surface area contributed by atoms with E-state index < -0.39 is 29.2 Å². The highest BCUT2D eigenvalue weighted by Gasteiger charge is 2.40. The molecular formula is C24H21F4N3O4. The monoisotopic (exact) mass is 491 g/mol. The Kier molecular flexibility index (Phi) is 6.28. The fraction of sp³-hybridized carbons (Fsp3) is 0.250. The number of carbonyl (C=O) groups is 1. The third-order valence-electron chi connectivity index (χ3n) is 5.37. The summed E-state index contributed by atoms with van der Waals surface area (Å²) in [5, 5.41) is 4.55. The van der Waals surface area contributed by atoms with Crippen molar-refractivity contribution in [3.8, 4) is 16.9 Å². The number of aromatic amines is 1. The molecule has 0 saturated carbocycles. The first kappa shape index (κ1) is 24.3. The molecule has 0 bridgehead atoms. The molecule has 2 amide bonds. The maximum Gasteiger partial charge on any atom is 0.420 e. The summed E-state index contributed by atoms with van der Waals surface area (Å²) >= 11 is 0. The summed E-state index contributed by atoms with van der Waals surface area (Å²) in [6.45, 7) is 3.67. The second kappa shape index (κ2) is 9.06. The van der Waals surface area contributed by atoms with Crippen LogP contribution >= 0.6 is 0 Å². The Balaban J connectivity index is 1.49. The summed E-state index contributed by atoms with van der Waals surface area (Å²) in [6, 6.07) is 7.59. The minimum atomic E-state index is -4.73. The summed E-state index contributed by atoms with van der Waals surface area (Å²) in [6.07, 6.45) is -3.28. The van der Waals surface area contributed by atoms with Crippen molar-refractivity contribution in [3.05, 3.63) is 76.0 Å². The fourth-order valence-electron chi connectivity index (χ4n) is 3.59. The number of alkyl halides is 3. The molecule has 1 aliphatic rings. The molecule has 4 rings (SSSR count). The van der Waals surface area contributed by atoms with Crippen LogP contribution in [0.1, 0.15) is 18.1 Å². The molecular weight excluding hydrogens is 470 g/mol. The van der Waals surface area contributed by atoms with E-state index in [-0.39, 0.29) is 35.9 Å². The first-order chi connectivity index (χ1) is 16.4. The number of hydrogen-bond acceptors (Lipinski definition) is 4. The van der Waals surface area contributed by atoms with Gasteiger partial charge in [-0.15, -0.1) is 0 Å². The highest BCUT2D eigenvalue weighted by molar-refractivity contribution is 6.00. The number of nitrogens with one attached hydrogen (secondary N) is 3. The number of carbonyl (C=O) groups excluding carboxylic acids is 1. The summed E-state index contributed by atoms with van der Waals surface area (Å²) in [4.78, 5) is 26.3. The molecule has 1 aromatic heterocycles. The number of hydrogen-bond donors (Lipinski definition) is 3. The lowest BCUT2D eigenvalue weighted by molar-refractivity contribution is -0.160. The molecule has 184 valence electrons. The van der Waals surface area contributed by atoms with Gasteiger partial charge in [-0.05, 0) is 55.3 Å². The standard InChI is InChI=1S/C24H21F4N3O4/c1-13-7-21(32)29-10-16(13)14-3-5-19(18(25)8-14)31-22(33)30-15-4-6-20(17(9-15)24(26,27)28)35-23(2)11-34-12-23/h3-10H,11-12H2,1-2H3,(H,29,32)(H2,30,31,33). The number of H-pyrrole nitrogens is 1. The molecule has 11 heteroatoms. The Morgan fingerprint density at radius 3 is 2.46 bits per heavy atom. The Morgan fingerprint density at radius 1 is 1.11 bits per heavy atom. The SMILES string of the molecule is Cc1cc(=O)[nH]cc1-c1ccc(NC(=O)Nc2ccc(OC3(C)COC3)c(C(F)(F)F)c2)c(F)c1. The number of anilines is 2. The maximum absolute atomic E-state index is 14.6. The summed E-state index contributed by atoms with van der Waals surface area (Å²) in [7, 11) is 0. The minimum absolute atomic E-state index is 0.155. The van der Waals surface area contributed by atoms with Crippen molar-refractivity contribution in [2.75, 3.05) is 23.8 Å². The normalized spacial score (nSPS) is 14.7. The van der Waals surface area contributed by atoms with Crippen LogP contribution in [0.15, 0.2) is 53.5 Å². The summed E-state index contributed by atoms with van der Waals surface area (Å²) in [5.41, 5.74) is -0.832. The smallest absolute Gasteiger partial charge is 0.420 e. The van der Waals surface area contributed by atoms with E-state index in [4.69, 9.17) is 9.47 Å². The van der Waals surface area contributed by atoms with E-state index in [1.165, 1.54) is 36.5 Å². The minimum Gasteiger partial charge on any atom is -0.482 e. The predicted molar refractivity (Wildman–Crippen MR) is 121 cm³/mol. The Bertz CT molecular complexity index is 1330. The molecule has 1 aliphatic heterocycles. The van der Waals surface area contributed by atoms with Crippen molar-refractivity contribution in [2.45, 2.75) is 25.6 Å². The molecule has 2 heterocycles. The molecule has 7 nitrogen and oxygen atoms in total. The van der Waals surface area contributed by atoms with E-state index in [1.54, 1.807) is 13.8 Å². The van der Waals surface area contributed by atoms with E-state index >= 15 is 0 Å². The van der Waals surface area contributed by atoms with Gasteiger partial charge in [-0.25, -0.2) is 9.18 Å². The summed E-state index contributed by atoms with van der Waals surface area (Å²) in [5.74, 6) is -1.15. The molecule has 3 aromatic rings. The van der Waals surface area contributed by atoms with Crippen molar-refractivity contribution in [2.24, 2.45) is 0 Å². The van der Waals surface area contributed by atoms with Gasteiger partial charge in [-0.2, -0.15) is 13.2 Å². The molecule has 35 heavy (non-hydrogen) atoms. The van der Waals surface area contributed by atoms with Gasteiger partial charge < -0.3 is 25.1 Å². The zero-order chi connectivity index (χ0) is 25.4. The number of aryl methyl sites for hydroxylation is 1. The molecule has 3 N–H and O–H groups in total. The van der Waals surface area contributed by atoms with Crippen LogP contribution in [0.25, 0.3) is 11.1 Å². The van der Waals surface area contributed by atoms with Crippen molar-refractivity contribution in [1.29, 1.82) is 0 Å². The van der Waals surface area contributed by atoms with E-state index in [2.05, 4.69) is 15.6 Å². The fourth-order valence-corrected chi connectivity index (χ4v) is 3.59. The number of rotatable bonds is 5. The Morgan fingerprint density at radius 2 is 1.86 bits per heavy atom. The molecule has 1 fully saturated rings. The topological polar surface area (TPSA) is 92.5 Å². The molecule has 1 saturated heterocycles. The highest BCUT2D eigenvalue weighted by Crippen LogP contribution is 2.40. The van der Waals surface area contributed by atoms with Crippen LogP contribution in [0.3, 0.4) is 0 Å². The first-order valence-corrected chi connectivity index (χ1v) is 10.5. The maximum atomic E-state index is 14.6. The number of aromatic nitrogens is 1. The molecule has 0 radical (unpaired) electrons. The number of halogens is 4. The van der Waals surface area contributed by atoms with Crippen LogP contribution < -0.4 is 20.9 Å². The van der Waals surface area contributed by atoms with Gasteiger partial charge >= 0.3 is 12.2 Å². The van der Waals surface area contributed by atoms with E-state index in [9.17, 15) is 27.2 Å². The lowest BCUT2D eigenvalue weighted by Crippen LogP contribution is -2.51. The molecule has 0 unspecified atom stereocenters. The average molecular weight is 491 g/mol. The van der Waals surface area contributed by atoms with Crippen molar-refractivity contribution in [3.63, 3.8) is 0 Å². The van der Waals surface area contributed by atoms with Crippen LogP contribution in [0, 0.1) is 12.7 Å². The third-order valence-corrected chi connectivity index (χ3v) is 5.37. The van der Waals surface area contributed by atoms with E-state index in [1.807, 2.05) is 0 Å². The largest absolute Gasteiger partial charge is 0.482 e. The van der Waals surface area contributed by atoms with Gasteiger partial charge in [0.25, 0.3) is 0 Å². The zero-order valence-corrected chi connectivity index (χ0v) is 18.7. The number of amides is 2. The number of pyridine rings is 1. The van der Waals surface area contributed by atoms with Crippen LogP contribution in [0.5, 0.6) is 5.75 Å². The Hall–Kier alpha value is -3.86. The molecule has 0 spiro atoms. The van der Waals surface area contributed by atoms with Crippen LogP contribution in [0.2, 0.25) is 0 Å². The van der Waals surface area contributed by atoms with Gasteiger partial charge in [-0.3, -0.25) is 4.79 Å². The second-order valence-corrected chi connectivity index (χ2v) is 8.42. The second-order valence-electron chi connectivity index (χ2n) is 8.42. The summed E-state index contributed by atoms with van der Waals surface area (Å²) < 4.78 is 65.9. The highest BCUT2D eigenvalue weighted by atomic mass is 19.4. The van der Waals surface area contributed by atoms with Gasteiger partial charge in [0.05, 0.1) is 24.5 Å². The third kappa shape index (κ3) is 5.46. The van der Waals surface area contributed by atoms with Crippen LogP contribution in [-0.2, 0) is 10.9 Å². The number of benzene rings is 2. The van der Waals surface area contributed by atoms with Gasteiger partial charge in [0.1, 0.15) is 11.6 Å². The average Bonchev–Trinajstić information content (AvgIpc) is 2.74. The van der Waals surface area contributed by atoms with Crippen LogP contribution in [0.4, 0.5) is 33.7 Å². The number of urea groups is 1. The zero-order valence-electron chi connectivity index (χ0n) is 18.7. The lowest BCUT2D eigenvalue weighted by atomic mass is 10.0. The van der Waals surface area contributed by atoms with Gasteiger partial charge in [0.2, 0.25) is 5.56 Å². The molecule has 0 atom stereocenters. The van der Waals surface area contributed by atoms with Gasteiger partial charge in [-0.1, -0.05) is 6.07 Å². The van der Waals surface area contributed by atoms with Crippen molar-refractivity contribution < 1.29 is 31.8 Å². The van der Waals surface area contributed by atoms with Crippen LogP contribution in [-0.4, -0.2) is 29.8 Å². The molecule has 2 aromatic carbocycles. The van der Waals surface area contributed by atoms with Crippen molar-refractivity contribution >= 4 is 17.4 Å². The van der Waals surface area contributed by atoms with Crippen molar-refractivity contribution in [1.82, 2.24) is 4.98 Å². The van der Waals surface area contributed by atoms with E-state index in [0.717, 1.165) is 12.1 Å². The molecule has 0 aliphatic carbocycles. The lowest BCUT2D eigenvalue weighted by Gasteiger charge is -2.38. The first-order valence-electron chi connectivity index (χ1n) is 10.5.